The topological polar surface area (TPSA) is 34.2 Å². The predicted octanol–water partition coefficient (Wildman–Crippen LogP) is 3.74. The molecule has 4 fully saturated rings. The lowest BCUT2D eigenvalue weighted by molar-refractivity contribution is -0.257. The molecular weight excluding hydrogens is 395 g/mol. The van der Waals surface area contributed by atoms with Crippen LogP contribution in [0.1, 0.15) is 45.1 Å². The van der Waals surface area contributed by atoms with Crippen molar-refractivity contribution in [1.82, 2.24) is 9.21 Å². The zero-order valence-corrected chi connectivity index (χ0v) is 20.4. The Morgan fingerprint density at radius 2 is 1.97 bits per heavy atom. The molecule has 0 aromatic heterocycles. The molecule has 6 rings (SSSR count). The fourth-order valence-corrected chi connectivity index (χ4v) is 7.02. The third kappa shape index (κ3) is 3.07. The van der Waals surface area contributed by atoms with Crippen molar-refractivity contribution in [2.75, 3.05) is 39.0 Å². The molecule has 4 saturated heterocycles. The van der Waals surface area contributed by atoms with Crippen molar-refractivity contribution in [3.63, 3.8) is 0 Å². The van der Waals surface area contributed by atoms with Crippen LogP contribution in [-0.4, -0.2) is 78.6 Å². The van der Waals surface area contributed by atoms with Crippen LogP contribution in [0.15, 0.2) is 24.3 Å². The minimum absolute atomic E-state index is 0.159. The van der Waals surface area contributed by atoms with E-state index in [1.165, 1.54) is 5.56 Å². The molecule has 0 spiro atoms. The van der Waals surface area contributed by atoms with Gasteiger partial charge in [0.25, 0.3) is 0 Å². The summed E-state index contributed by atoms with van der Waals surface area (Å²) >= 11 is 0. The maximum Gasteiger partial charge on any atom is 0.478 e. The van der Waals surface area contributed by atoms with E-state index in [0.717, 1.165) is 31.7 Å². The van der Waals surface area contributed by atoms with E-state index in [2.05, 4.69) is 80.1 Å². The van der Waals surface area contributed by atoms with Crippen LogP contribution in [0, 0.1) is 5.92 Å². The van der Waals surface area contributed by atoms with E-state index >= 15 is 0 Å². The summed E-state index contributed by atoms with van der Waals surface area (Å²) < 4.78 is 22.1. The van der Waals surface area contributed by atoms with Crippen molar-refractivity contribution in [2.45, 2.75) is 62.8 Å². The molecule has 166 valence electrons. The lowest BCUT2D eigenvalue weighted by atomic mass is 9.66. The average Bonchev–Trinajstić information content (AvgIpc) is 3.24. The molecule has 5 unspecified atom stereocenters. The Hall–Kier alpha value is -0.725. The number of ether oxygens (including phenoxy) is 1. The summed E-state index contributed by atoms with van der Waals surface area (Å²) in [4.78, 5) is 2.54. The summed E-state index contributed by atoms with van der Waals surface area (Å²) in [6.07, 6.45) is 9.31. The van der Waals surface area contributed by atoms with Gasteiger partial charge >= 0.3 is 7.12 Å². The molecule has 30 heavy (non-hydrogen) atoms. The molecule has 5 aliphatic heterocycles. The maximum atomic E-state index is 6.85. The van der Waals surface area contributed by atoms with Crippen molar-refractivity contribution in [2.24, 2.45) is 5.92 Å². The fraction of sp³-hybridized carbons (Fsp3) is 0.739. The summed E-state index contributed by atoms with van der Waals surface area (Å²) in [6.45, 7) is 8.84. The SMILES string of the molecule is CN(C(CC1COc2ccccc21)B1OC2CC3CN(C3(C)C)[C@]2(C)O1)S(C)(C)C. The van der Waals surface area contributed by atoms with Crippen LogP contribution in [0.25, 0.3) is 0 Å². The molecule has 7 heteroatoms. The van der Waals surface area contributed by atoms with Gasteiger partial charge < -0.3 is 14.0 Å². The molecule has 0 aliphatic carbocycles. The largest absolute Gasteiger partial charge is 0.493 e. The Morgan fingerprint density at radius 3 is 2.67 bits per heavy atom. The van der Waals surface area contributed by atoms with Crippen LogP contribution in [0.4, 0.5) is 0 Å². The Labute approximate surface area is 184 Å². The first-order valence-electron chi connectivity index (χ1n) is 11.3. The molecule has 6 atom stereocenters. The molecule has 5 nitrogen and oxygen atoms in total. The van der Waals surface area contributed by atoms with Crippen molar-refractivity contribution in [1.29, 1.82) is 0 Å². The normalized spacial score (nSPS) is 37.9. The average molecular weight is 432 g/mol. The lowest BCUT2D eigenvalue weighted by Crippen LogP contribution is -2.78. The van der Waals surface area contributed by atoms with Gasteiger partial charge in [0.05, 0.1) is 18.7 Å². The van der Waals surface area contributed by atoms with Gasteiger partial charge in [-0.15, -0.1) is 0 Å². The van der Waals surface area contributed by atoms with Crippen LogP contribution in [0.5, 0.6) is 5.75 Å². The molecule has 0 amide bonds. The maximum absolute atomic E-state index is 6.85. The van der Waals surface area contributed by atoms with Crippen molar-refractivity contribution in [3.05, 3.63) is 29.8 Å². The number of nitrogens with zero attached hydrogens (tertiary/aromatic N) is 2. The highest BCUT2D eigenvalue weighted by atomic mass is 32.3. The fourth-order valence-electron chi connectivity index (χ4n) is 6.02. The number of hydrogen-bond acceptors (Lipinski definition) is 5. The monoisotopic (exact) mass is 432 g/mol. The number of para-hydroxylation sites is 1. The Bertz CT molecular complexity index is 831. The van der Waals surface area contributed by atoms with Crippen LogP contribution >= 0.6 is 10.2 Å². The molecule has 0 radical (unpaired) electrons. The van der Waals surface area contributed by atoms with Gasteiger partial charge in [0.1, 0.15) is 11.5 Å². The van der Waals surface area contributed by atoms with Gasteiger partial charge in [0.2, 0.25) is 0 Å². The minimum atomic E-state index is -0.918. The van der Waals surface area contributed by atoms with E-state index < -0.39 is 10.2 Å². The molecule has 5 heterocycles. The van der Waals surface area contributed by atoms with Gasteiger partial charge in [-0.3, -0.25) is 9.21 Å². The zero-order valence-electron chi connectivity index (χ0n) is 19.6. The van der Waals surface area contributed by atoms with Crippen molar-refractivity contribution >= 4 is 17.3 Å². The summed E-state index contributed by atoms with van der Waals surface area (Å²) in [5.74, 6) is 2.32. The first-order chi connectivity index (χ1) is 14.0. The van der Waals surface area contributed by atoms with Gasteiger partial charge in [-0.25, -0.2) is 0 Å². The summed E-state index contributed by atoms with van der Waals surface area (Å²) in [5.41, 5.74) is 1.21. The van der Waals surface area contributed by atoms with Crippen LogP contribution in [0.3, 0.4) is 0 Å². The summed E-state index contributed by atoms with van der Waals surface area (Å²) in [7, 11) is 1.13. The van der Waals surface area contributed by atoms with Gasteiger partial charge in [0, 0.05) is 23.6 Å². The number of benzene rings is 1. The highest BCUT2D eigenvalue weighted by Crippen LogP contribution is 2.56. The lowest BCUT2D eigenvalue weighted by Gasteiger charge is -2.67. The van der Waals surface area contributed by atoms with Gasteiger partial charge in [0.15, 0.2) is 0 Å². The van der Waals surface area contributed by atoms with Crippen molar-refractivity contribution < 1.29 is 14.0 Å². The number of rotatable bonds is 5. The molecule has 5 aliphatic rings. The second kappa shape index (κ2) is 6.88. The number of piperidine rings is 2. The van der Waals surface area contributed by atoms with E-state index in [0.29, 0.717) is 11.8 Å². The van der Waals surface area contributed by atoms with Crippen LogP contribution in [-0.2, 0) is 9.31 Å². The smallest absolute Gasteiger partial charge is 0.478 e. The Morgan fingerprint density at radius 1 is 1.23 bits per heavy atom. The molecule has 1 aromatic carbocycles. The molecular formula is C23H37BN2O3S. The van der Waals surface area contributed by atoms with Gasteiger partial charge in [-0.2, -0.15) is 10.2 Å². The number of hydrogen-bond donors (Lipinski definition) is 0. The summed E-state index contributed by atoms with van der Waals surface area (Å²) in [6, 6.07) is 8.48. The second-order valence-corrected chi connectivity index (χ2v) is 15.2. The van der Waals surface area contributed by atoms with E-state index in [1.54, 1.807) is 0 Å². The summed E-state index contributed by atoms with van der Waals surface area (Å²) in [5, 5.41) is 0. The van der Waals surface area contributed by atoms with E-state index in [4.69, 9.17) is 14.0 Å². The van der Waals surface area contributed by atoms with E-state index in [1.807, 2.05) is 0 Å². The Balaban J connectivity index is 1.41. The van der Waals surface area contributed by atoms with Crippen molar-refractivity contribution in [3.8, 4) is 5.75 Å². The van der Waals surface area contributed by atoms with E-state index in [-0.39, 0.29) is 30.4 Å². The third-order valence-electron chi connectivity index (χ3n) is 8.35. The molecule has 0 N–H and O–H groups in total. The molecule has 0 saturated carbocycles. The predicted molar refractivity (Wildman–Crippen MR) is 125 cm³/mol. The highest BCUT2D eigenvalue weighted by Gasteiger charge is 2.67. The van der Waals surface area contributed by atoms with Gasteiger partial charge in [-0.05, 0) is 71.4 Å². The first kappa shape index (κ1) is 21.1. The quantitative estimate of drug-likeness (QED) is 0.663. The number of fused-ring (bicyclic) bond motifs is 1. The minimum Gasteiger partial charge on any atom is -0.493 e. The molecule has 1 aromatic rings. The Kier molecular flexibility index (Phi) is 4.85. The molecule has 2 bridgehead atoms. The van der Waals surface area contributed by atoms with Gasteiger partial charge in [-0.1, -0.05) is 18.2 Å². The first-order valence-corrected chi connectivity index (χ1v) is 14.1. The van der Waals surface area contributed by atoms with E-state index in [9.17, 15) is 0 Å². The standard InChI is InChI=1S/C23H37BN2O3S/c1-22(2)17-13-20-23(3,26(22)14-17)29-24(28-20)21(25(4)30(5,6)7)12-16-15-27-19-11-9-8-10-18(16)19/h8-11,16-17,20-21H,12-15H2,1-7H3/t16?,17?,20?,21?,23-/m1/s1. The van der Waals surface area contributed by atoms with Crippen LogP contribution in [0.2, 0.25) is 0 Å². The third-order valence-corrected chi connectivity index (χ3v) is 10.4. The van der Waals surface area contributed by atoms with Crippen LogP contribution < -0.4 is 4.74 Å². The second-order valence-electron chi connectivity index (χ2n) is 11.0. The highest BCUT2D eigenvalue weighted by molar-refractivity contribution is 8.30. The zero-order chi connectivity index (χ0) is 21.5.